The van der Waals surface area contributed by atoms with Gasteiger partial charge in [0.1, 0.15) is 5.73 Å². The average molecular weight is 278 g/mol. The maximum absolute atomic E-state index is 10.9. The Hall–Kier alpha value is -0.733. The van der Waals surface area contributed by atoms with Crippen molar-refractivity contribution in [3.8, 4) is 0 Å². The molecule has 0 aromatic carbocycles. The molecule has 1 N–H and O–H groups in total. The van der Waals surface area contributed by atoms with E-state index >= 15 is 0 Å². The molecule has 0 bridgehead atoms. The molecular weight excluding hydrogens is 256 g/mol. The van der Waals surface area contributed by atoms with E-state index in [4.69, 9.17) is 23.1 Å². The summed E-state index contributed by atoms with van der Waals surface area (Å²) in [7, 11) is 1.34. The van der Waals surface area contributed by atoms with E-state index in [2.05, 4.69) is 0 Å². The number of carboxylic acids is 1. The minimum absolute atomic E-state index is 0.166. The van der Waals surface area contributed by atoms with Gasteiger partial charge in [0, 0.05) is 33.5 Å². The third-order valence-electron chi connectivity index (χ3n) is 2.44. The van der Waals surface area contributed by atoms with Gasteiger partial charge >= 0.3 is 14.8 Å². The summed E-state index contributed by atoms with van der Waals surface area (Å²) in [5, 5.41) is 8.91. The fourth-order valence-corrected chi connectivity index (χ4v) is 3.37. The van der Waals surface area contributed by atoms with Crippen LogP contribution < -0.4 is 0 Å². The Balaban J connectivity index is 5.18. The summed E-state index contributed by atoms with van der Waals surface area (Å²) in [5.41, 5.74) is -0.465. The van der Waals surface area contributed by atoms with Gasteiger partial charge in [0.15, 0.2) is 0 Å². The van der Waals surface area contributed by atoms with Crippen molar-refractivity contribution in [1.82, 2.24) is 0 Å². The lowest BCUT2D eigenvalue weighted by Crippen LogP contribution is -2.55. The van der Waals surface area contributed by atoms with Crippen molar-refractivity contribution in [2.45, 2.75) is 26.0 Å². The molecule has 106 valence electrons. The first-order valence-electron chi connectivity index (χ1n) is 5.66. The number of carboxylic acid groups (broad SMARTS) is 1. The summed E-state index contributed by atoms with van der Waals surface area (Å²) in [4.78, 5) is 10.9. The molecule has 6 nitrogen and oxygen atoms in total. The van der Waals surface area contributed by atoms with E-state index in [1.165, 1.54) is 34.3 Å². The molecule has 0 spiro atoms. The molecule has 0 saturated heterocycles. The van der Waals surface area contributed by atoms with E-state index in [1.54, 1.807) is 0 Å². The minimum Gasteiger partial charge on any atom is -0.478 e. The smallest absolute Gasteiger partial charge is 0.478 e. The van der Waals surface area contributed by atoms with E-state index in [1.807, 2.05) is 6.92 Å². The summed E-state index contributed by atoms with van der Waals surface area (Å²) >= 11 is 0. The van der Waals surface area contributed by atoms with Crippen LogP contribution >= 0.6 is 0 Å². The van der Waals surface area contributed by atoms with Crippen molar-refractivity contribution in [2.24, 2.45) is 0 Å². The van der Waals surface area contributed by atoms with Gasteiger partial charge in [-0.15, -0.1) is 0 Å². The van der Waals surface area contributed by atoms with Crippen LogP contribution in [0.5, 0.6) is 0 Å². The number of hydrogen-bond acceptors (Lipinski definition) is 5. The summed E-state index contributed by atoms with van der Waals surface area (Å²) in [6.07, 6.45) is 2.28. The van der Waals surface area contributed by atoms with E-state index in [9.17, 15) is 4.79 Å². The molecule has 0 saturated carbocycles. The highest BCUT2D eigenvalue weighted by Gasteiger charge is 2.47. The van der Waals surface area contributed by atoms with Gasteiger partial charge < -0.3 is 23.1 Å². The van der Waals surface area contributed by atoms with Crippen LogP contribution in [0.25, 0.3) is 0 Å². The molecule has 0 aliphatic heterocycles. The number of ether oxygens (including phenoxy) is 1. The summed E-state index contributed by atoms with van der Waals surface area (Å²) in [5.74, 6) is -1.01. The van der Waals surface area contributed by atoms with Gasteiger partial charge in [-0.2, -0.15) is 0 Å². The van der Waals surface area contributed by atoms with Gasteiger partial charge in [-0.25, -0.2) is 4.79 Å². The Morgan fingerprint density at radius 3 is 2.11 bits per heavy atom. The highest BCUT2D eigenvalue weighted by atomic mass is 28.4. The van der Waals surface area contributed by atoms with E-state index in [-0.39, 0.29) is 5.57 Å². The molecule has 0 rings (SSSR count). The standard InChI is InChI=1S/C11H22O6Si/c1-6-7-17-10(8-9(2)11(12)13)18(14-3,15-4)16-5/h8,10H,6-7H2,1-5H3,(H,12,13)/b9-8+. The van der Waals surface area contributed by atoms with E-state index in [0.29, 0.717) is 6.61 Å². The minimum atomic E-state index is -3.05. The van der Waals surface area contributed by atoms with Crippen LogP contribution in [-0.4, -0.2) is 53.5 Å². The first-order valence-corrected chi connectivity index (χ1v) is 7.46. The quantitative estimate of drug-likeness (QED) is 0.505. The zero-order valence-corrected chi connectivity index (χ0v) is 12.6. The number of rotatable bonds is 9. The van der Waals surface area contributed by atoms with Crippen LogP contribution in [0.4, 0.5) is 0 Å². The van der Waals surface area contributed by atoms with Crippen LogP contribution in [0.3, 0.4) is 0 Å². The number of hydrogen-bond donors (Lipinski definition) is 1. The maximum atomic E-state index is 10.9. The van der Waals surface area contributed by atoms with Crippen LogP contribution in [0, 0.1) is 0 Å². The largest absolute Gasteiger partial charge is 0.534 e. The molecule has 18 heavy (non-hydrogen) atoms. The fourth-order valence-electron chi connectivity index (χ4n) is 1.39. The van der Waals surface area contributed by atoms with Gasteiger partial charge in [0.05, 0.1) is 0 Å². The van der Waals surface area contributed by atoms with Crippen molar-refractivity contribution in [2.75, 3.05) is 27.9 Å². The fraction of sp³-hybridized carbons (Fsp3) is 0.727. The van der Waals surface area contributed by atoms with Gasteiger partial charge in [0.2, 0.25) is 0 Å². The normalized spacial score (nSPS) is 14.6. The predicted octanol–water partition coefficient (Wildman–Crippen LogP) is 1.23. The third kappa shape index (κ3) is 4.50. The molecule has 1 atom stereocenters. The van der Waals surface area contributed by atoms with Crippen LogP contribution in [0.15, 0.2) is 11.6 Å². The molecule has 0 amide bonds. The van der Waals surface area contributed by atoms with Crippen molar-refractivity contribution < 1.29 is 27.9 Å². The lowest BCUT2D eigenvalue weighted by atomic mass is 10.3. The first kappa shape index (κ1) is 17.3. The summed E-state index contributed by atoms with van der Waals surface area (Å²) < 4.78 is 21.5. The molecule has 0 aromatic heterocycles. The Bertz CT molecular complexity index is 279. The second kappa shape index (κ2) is 8.38. The van der Waals surface area contributed by atoms with Gasteiger partial charge in [-0.3, -0.25) is 0 Å². The average Bonchev–Trinajstić information content (AvgIpc) is 2.37. The van der Waals surface area contributed by atoms with Crippen molar-refractivity contribution in [1.29, 1.82) is 0 Å². The lowest BCUT2D eigenvalue weighted by Gasteiger charge is -2.30. The molecule has 0 fully saturated rings. The van der Waals surface area contributed by atoms with E-state index < -0.39 is 20.5 Å². The van der Waals surface area contributed by atoms with Crippen molar-refractivity contribution >= 4 is 14.8 Å². The van der Waals surface area contributed by atoms with Crippen LogP contribution in [0.2, 0.25) is 0 Å². The number of carbonyl (C=O) groups is 1. The first-order chi connectivity index (χ1) is 8.47. The molecule has 0 aromatic rings. The van der Waals surface area contributed by atoms with Crippen molar-refractivity contribution in [3.05, 3.63) is 11.6 Å². The predicted molar refractivity (Wildman–Crippen MR) is 68.2 cm³/mol. The number of aliphatic carboxylic acids is 1. The molecule has 0 aliphatic rings. The zero-order chi connectivity index (χ0) is 14.2. The zero-order valence-electron chi connectivity index (χ0n) is 11.6. The molecule has 0 heterocycles. The van der Waals surface area contributed by atoms with Crippen LogP contribution in [0.1, 0.15) is 20.3 Å². The van der Waals surface area contributed by atoms with Crippen molar-refractivity contribution in [3.63, 3.8) is 0 Å². The maximum Gasteiger partial charge on any atom is 0.534 e. The van der Waals surface area contributed by atoms with E-state index in [0.717, 1.165) is 6.42 Å². The summed E-state index contributed by atoms with van der Waals surface area (Å²) in [6, 6.07) is 0. The molecule has 0 radical (unpaired) electrons. The topological polar surface area (TPSA) is 74.2 Å². The SMILES string of the molecule is CCCOC(/C=C(\C)C(=O)O)[Si](OC)(OC)OC. The molecule has 0 aliphatic carbocycles. The molecule has 1 unspecified atom stereocenters. The Labute approximate surface area is 109 Å². The Morgan fingerprint density at radius 1 is 1.28 bits per heavy atom. The van der Waals surface area contributed by atoms with Crippen LogP contribution in [-0.2, 0) is 22.8 Å². The highest BCUT2D eigenvalue weighted by Crippen LogP contribution is 2.18. The lowest BCUT2D eigenvalue weighted by molar-refractivity contribution is -0.132. The monoisotopic (exact) mass is 278 g/mol. The summed E-state index contributed by atoms with van der Waals surface area (Å²) in [6.45, 7) is 3.92. The van der Waals surface area contributed by atoms with Gasteiger partial charge in [-0.05, 0) is 19.4 Å². The van der Waals surface area contributed by atoms with Gasteiger partial charge in [-0.1, -0.05) is 6.92 Å². The molecule has 7 heteroatoms. The highest BCUT2D eigenvalue weighted by molar-refractivity contribution is 6.62. The second-order valence-corrected chi connectivity index (χ2v) is 6.66. The molecular formula is C11H22O6Si. The van der Waals surface area contributed by atoms with Gasteiger partial charge in [0.25, 0.3) is 0 Å². The Kier molecular flexibility index (Phi) is 8.04. The Morgan fingerprint density at radius 2 is 1.78 bits per heavy atom. The third-order valence-corrected chi connectivity index (χ3v) is 5.18. The second-order valence-electron chi connectivity index (χ2n) is 3.66.